The third-order valence-electron chi connectivity index (χ3n) is 4.74. The monoisotopic (exact) mass is 461 g/mol. The highest BCUT2D eigenvalue weighted by Gasteiger charge is 2.37. The van der Waals surface area contributed by atoms with E-state index in [-0.39, 0.29) is 29.5 Å². The fraction of sp³-hybridized carbons (Fsp3) is 0.238. The minimum Gasteiger partial charge on any atom is -0.460 e. The third-order valence-corrected chi connectivity index (χ3v) is 5.39. The second kappa shape index (κ2) is 9.86. The summed E-state index contributed by atoms with van der Waals surface area (Å²) in [6.07, 6.45) is 0. The number of hydrogen-bond acceptors (Lipinski definition) is 6. The summed E-state index contributed by atoms with van der Waals surface area (Å²) in [5.74, 6) is -0.599. The molecule has 31 heavy (non-hydrogen) atoms. The van der Waals surface area contributed by atoms with Gasteiger partial charge >= 0.3 is 5.97 Å². The fourth-order valence-corrected chi connectivity index (χ4v) is 3.88. The molecule has 1 aliphatic heterocycles. The van der Waals surface area contributed by atoms with Gasteiger partial charge in [0.2, 0.25) is 0 Å². The standard InChI is InChI=1S/C21H20ClN3O5S/c1-13-18(20(26)30-11-10-29-2)19(16-12-15(25(27)28)8-9-17(16)22)23-21(31)24(13)14-6-4-3-5-7-14/h3-9,12,19H,10-11H2,1-2H3,(H,23,31). The van der Waals surface area contributed by atoms with Crippen LogP contribution in [0.15, 0.2) is 59.8 Å². The van der Waals surface area contributed by atoms with Gasteiger partial charge in [0.25, 0.3) is 5.69 Å². The summed E-state index contributed by atoms with van der Waals surface area (Å²) in [5, 5.41) is 15.0. The fourth-order valence-electron chi connectivity index (χ4n) is 3.29. The van der Waals surface area contributed by atoms with Gasteiger partial charge in [-0.25, -0.2) is 4.79 Å². The molecule has 0 aliphatic carbocycles. The predicted molar refractivity (Wildman–Crippen MR) is 121 cm³/mol. The van der Waals surface area contributed by atoms with Crippen molar-refractivity contribution in [1.82, 2.24) is 5.32 Å². The van der Waals surface area contributed by atoms with Crippen molar-refractivity contribution in [3.8, 4) is 0 Å². The zero-order chi connectivity index (χ0) is 22.5. The number of para-hydroxylation sites is 1. The lowest BCUT2D eigenvalue weighted by Crippen LogP contribution is -2.48. The second-order valence-electron chi connectivity index (χ2n) is 6.64. The molecule has 0 saturated heterocycles. The molecule has 162 valence electrons. The van der Waals surface area contributed by atoms with Crippen LogP contribution in [0.4, 0.5) is 11.4 Å². The number of ether oxygens (including phenoxy) is 2. The summed E-state index contributed by atoms with van der Waals surface area (Å²) in [7, 11) is 1.50. The summed E-state index contributed by atoms with van der Waals surface area (Å²) in [4.78, 5) is 25.5. The Morgan fingerprint density at radius 1 is 1.26 bits per heavy atom. The third kappa shape index (κ3) is 4.84. The topological polar surface area (TPSA) is 93.9 Å². The van der Waals surface area contributed by atoms with Gasteiger partial charge in [-0.2, -0.15) is 0 Å². The SMILES string of the molecule is COCCOC(=O)C1=C(C)N(c2ccccc2)C(=S)NC1c1cc([N+](=O)[O-])ccc1Cl. The van der Waals surface area contributed by atoms with Gasteiger partial charge in [-0.1, -0.05) is 29.8 Å². The van der Waals surface area contributed by atoms with Crippen LogP contribution in [-0.4, -0.2) is 36.3 Å². The number of anilines is 1. The number of allylic oxidation sites excluding steroid dienone is 1. The Balaban J connectivity index is 2.13. The molecule has 1 N–H and O–H groups in total. The Hall–Kier alpha value is -3.01. The van der Waals surface area contributed by atoms with Crippen molar-refractivity contribution in [2.24, 2.45) is 0 Å². The number of thiocarbonyl (C=S) groups is 1. The number of esters is 1. The van der Waals surface area contributed by atoms with Gasteiger partial charge in [-0.05, 0) is 37.3 Å². The lowest BCUT2D eigenvalue weighted by atomic mass is 9.94. The highest BCUT2D eigenvalue weighted by Crippen LogP contribution is 2.38. The largest absolute Gasteiger partial charge is 0.460 e. The van der Waals surface area contributed by atoms with Gasteiger partial charge in [0.15, 0.2) is 5.11 Å². The number of nitrogens with zero attached hydrogens (tertiary/aromatic N) is 2. The molecule has 0 radical (unpaired) electrons. The Labute approximate surface area is 189 Å². The molecule has 0 saturated carbocycles. The molecule has 1 aliphatic rings. The van der Waals surface area contributed by atoms with E-state index >= 15 is 0 Å². The summed E-state index contributed by atoms with van der Waals surface area (Å²) in [5.41, 5.74) is 1.73. The molecule has 1 atom stereocenters. The summed E-state index contributed by atoms with van der Waals surface area (Å²) >= 11 is 11.9. The van der Waals surface area contributed by atoms with Crippen LogP contribution < -0.4 is 10.2 Å². The van der Waals surface area contributed by atoms with E-state index in [0.29, 0.717) is 16.4 Å². The number of carbonyl (C=O) groups is 1. The summed E-state index contributed by atoms with van der Waals surface area (Å²) in [6.45, 7) is 2.02. The normalized spacial score (nSPS) is 16.2. The van der Waals surface area contributed by atoms with E-state index in [1.165, 1.54) is 25.3 Å². The van der Waals surface area contributed by atoms with Crippen LogP contribution in [0, 0.1) is 10.1 Å². The summed E-state index contributed by atoms with van der Waals surface area (Å²) in [6, 6.07) is 12.5. The van der Waals surface area contributed by atoms with E-state index in [0.717, 1.165) is 5.69 Å². The molecule has 0 spiro atoms. The van der Waals surface area contributed by atoms with E-state index in [2.05, 4.69) is 5.32 Å². The van der Waals surface area contributed by atoms with Crippen LogP contribution in [-0.2, 0) is 14.3 Å². The van der Waals surface area contributed by atoms with Crippen molar-refractivity contribution in [2.45, 2.75) is 13.0 Å². The average Bonchev–Trinajstić information content (AvgIpc) is 2.74. The van der Waals surface area contributed by atoms with Crippen LogP contribution in [0.2, 0.25) is 5.02 Å². The van der Waals surface area contributed by atoms with Crippen LogP contribution in [0.3, 0.4) is 0 Å². The van der Waals surface area contributed by atoms with E-state index < -0.39 is 16.9 Å². The number of halogens is 1. The lowest BCUT2D eigenvalue weighted by Gasteiger charge is -2.37. The lowest BCUT2D eigenvalue weighted by molar-refractivity contribution is -0.384. The molecule has 2 aromatic carbocycles. The smallest absolute Gasteiger partial charge is 0.338 e. The van der Waals surface area contributed by atoms with Crippen LogP contribution >= 0.6 is 23.8 Å². The van der Waals surface area contributed by atoms with Crippen LogP contribution in [0.1, 0.15) is 18.5 Å². The molecule has 3 rings (SSSR count). The molecule has 0 aromatic heterocycles. The number of nitro groups is 1. The Kier molecular flexibility index (Phi) is 7.21. The van der Waals surface area contributed by atoms with Gasteiger partial charge in [0, 0.05) is 41.2 Å². The number of carbonyl (C=O) groups excluding carboxylic acids is 1. The van der Waals surface area contributed by atoms with Gasteiger partial charge in [-0.15, -0.1) is 0 Å². The predicted octanol–water partition coefficient (Wildman–Crippen LogP) is 4.15. The maximum Gasteiger partial charge on any atom is 0.338 e. The first-order chi connectivity index (χ1) is 14.8. The first-order valence-corrected chi connectivity index (χ1v) is 10.1. The average molecular weight is 462 g/mol. The number of nitro benzene ring substituents is 1. The maximum atomic E-state index is 13.1. The zero-order valence-electron chi connectivity index (χ0n) is 16.8. The Bertz CT molecular complexity index is 1040. The van der Waals surface area contributed by atoms with Crippen molar-refractivity contribution < 1.29 is 19.2 Å². The second-order valence-corrected chi connectivity index (χ2v) is 7.44. The molecule has 0 fully saturated rings. The highest BCUT2D eigenvalue weighted by molar-refractivity contribution is 7.80. The van der Waals surface area contributed by atoms with Gasteiger partial charge < -0.3 is 14.8 Å². The highest BCUT2D eigenvalue weighted by atomic mass is 35.5. The van der Waals surface area contributed by atoms with Gasteiger partial charge in [0.05, 0.1) is 23.1 Å². The van der Waals surface area contributed by atoms with Crippen LogP contribution in [0.5, 0.6) is 0 Å². The Morgan fingerprint density at radius 3 is 2.61 bits per heavy atom. The molecule has 1 unspecified atom stereocenters. The van der Waals surface area contributed by atoms with Gasteiger partial charge in [0.1, 0.15) is 6.61 Å². The quantitative estimate of drug-likeness (QED) is 0.216. The molecule has 8 nitrogen and oxygen atoms in total. The van der Waals surface area contributed by atoms with E-state index in [9.17, 15) is 14.9 Å². The molecule has 0 bridgehead atoms. The van der Waals surface area contributed by atoms with E-state index in [4.69, 9.17) is 33.3 Å². The van der Waals surface area contributed by atoms with Crippen molar-refractivity contribution in [3.05, 3.63) is 80.5 Å². The van der Waals surface area contributed by atoms with Crippen molar-refractivity contribution >= 4 is 46.3 Å². The van der Waals surface area contributed by atoms with E-state index in [1.54, 1.807) is 11.8 Å². The molecule has 10 heteroatoms. The van der Waals surface area contributed by atoms with E-state index in [1.807, 2.05) is 30.3 Å². The van der Waals surface area contributed by atoms with Crippen LogP contribution in [0.25, 0.3) is 0 Å². The number of hydrogen-bond donors (Lipinski definition) is 1. The molecule has 2 aromatic rings. The summed E-state index contributed by atoms with van der Waals surface area (Å²) < 4.78 is 10.3. The first kappa shape index (κ1) is 22.7. The molecule has 1 heterocycles. The zero-order valence-corrected chi connectivity index (χ0v) is 18.4. The first-order valence-electron chi connectivity index (χ1n) is 9.31. The molecular formula is C21H20ClN3O5S. The van der Waals surface area contributed by atoms with Crippen molar-refractivity contribution in [3.63, 3.8) is 0 Å². The minimum absolute atomic E-state index is 0.0529. The van der Waals surface area contributed by atoms with Crippen molar-refractivity contribution in [2.75, 3.05) is 25.2 Å². The molecule has 0 amide bonds. The maximum absolute atomic E-state index is 13.1. The minimum atomic E-state index is -0.824. The number of benzene rings is 2. The number of nitrogens with one attached hydrogen (secondary N) is 1. The number of non-ortho nitro benzene ring substituents is 1. The van der Waals surface area contributed by atoms with Gasteiger partial charge in [-0.3, -0.25) is 15.0 Å². The van der Waals surface area contributed by atoms with Crippen molar-refractivity contribution in [1.29, 1.82) is 0 Å². The Morgan fingerprint density at radius 2 is 1.97 bits per heavy atom. The number of rotatable bonds is 7. The number of methoxy groups -OCH3 is 1. The molecular weight excluding hydrogens is 442 g/mol.